The number of rotatable bonds is 2. The predicted molar refractivity (Wildman–Crippen MR) is 87.4 cm³/mol. The Morgan fingerprint density at radius 1 is 1.08 bits per heavy atom. The van der Waals surface area contributed by atoms with Crippen molar-refractivity contribution in [3.05, 3.63) is 57.5 Å². The molecule has 0 fully saturated rings. The number of benzene rings is 1. The van der Waals surface area contributed by atoms with Gasteiger partial charge in [0.15, 0.2) is 0 Å². The molecule has 2 rings (SSSR count). The summed E-state index contributed by atoms with van der Waals surface area (Å²) in [5, 5.41) is 0. The summed E-state index contributed by atoms with van der Waals surface area (Å²) in [5.41, 5.74) is -4.57. The summed E-state index contributed by atoms with van der Waals surface area (Å²) in [6.07, 6.45) is -4.91. The second-order valence-corrected chi connectivity index (χ2v) is 6.57. The molecule has 0 aliphatic rings. The van der Waals surface area contributed by atoms with E-state index in [-0.39, 0.29) is 11.3 Å². The van der Waals surface area contributed by atoms with Crippen LogP contribution in [-0.4, -0.2) is 16.6 Å². The maximum atomic E-state index is 13.8. The van der Waals surface area contributed by atoms with Crippen molar-refractivity contribution in [2.24, 2.45) is 0 Å². The summed E-state index contributed by atoms with van der Waals surface area (Å²) in [6.45, 7) is 5.90. The zero-order valence-corrected chi connectivity index (χ0v) is 14.2. The second-order valence-electron chi connectivity index (χ2n) is 6.57. The Kier molecular flexibility index (Phi) is 4.79. The Balaban J connectivity index is 2.85. The second kappa shape index (κ2) is 6.38. The third-order valence-electron chi connectivity index (χ3n) is 3.35. The monoisotopic (exact) mass is 353 g/mol. The average Bonchev–Trinajstić information content (AvgIpc) is 2.44. The molecule has 0 bridgehead atoms. The predicted octanol–water partition coefficient (Wildman–Crippen LogP) is 4.32. The first-order valence-corrected chi connectivity index (χ1v) is 7.54. The van der Waals surface area contributed by atoms with Crippen molar-refractivity contribution in [1.29, 1.82) is 0 Å². The van der Waals surface area contributed by atoms with Gasteiger partial charge in [0.25, 0.3) is 5.56 Å². The fourth-order valence-corrected chi connectivity index (χ4v) is 2.47. The van der Waals surface area contributed by atoms with E-state index >= 15 is 0 Å². The summed E-state index contributed by atoms with van der Waals surface area (Å²) in [7, 11) is 0. The molecular weight excluding hydrogens is 335 g/mol. The Hall–Kier alpha value is -2.57. The van der Waals surface area contributed by atoms with Gasteiger partial charge in [0, 0.05) is 5.69 Å². The number of H-pyrrole nitrogens is 1. The first-order valence-electron chi connectivity index (χ1n) is 7.54. The van der Waals surface area contributed by atoms with Crippen LogP contribution in [0.5, 0.6) is 0 Å². The molecule has 134 valence electrons. The molecule has 0 radical (unpaired) electrons. The average molecular weight is 353 g/mol. The van der Waals surface area contributed by atoms with E-state index < -0.39 is 40.0 Å². The van der Waals surface area contributed by atoms with Gasteiger partial charge in [0.1, 0.15) is 5.60 Å². The summed E-state index contributed by atoms with van der Waals surface area (Å²) >= 11 is 0. The SMILES string of the molecule is Cc1[nH]c(=O)c(-c2ccccc2)c(C(F)(F)F)c1C(=O)OC(C)(C)C. The zero-order chi connectivity index (χ0) is 19.0. The largest absolute Gasteiger partial charge is 0.456 e. The number of carbonyl (C=O) groups excluding carboxylic acids is 1. The number of ether oxygens (including phenoxy) is 1. The molecule has 0 saturated carbocycles. The summed E-state index contributed by atoms with van der Waals surface area (Å²) in [6, 6.07) is 7.42. The Bertz CT molecular complexity index is 847. The van der Waals surface area contributed by atoms with Crippen molar-refractivity contribution >= 4 is 5.97 Å². The van der Waals surface area contributed by atoms with E-state index in [0.717, 1.165) is 0 Å². The minimum absolute atomic E-state index is 0.0703. The van der Waals surface area contributed by atoms with E-state index in [0.29, 0.717) is 0 Å². The van der Waals surface area contributed by atoms with Gasteiger partial charge in [-0.3, -0.25) is 4.79 Å². The number of aromatic amines is 1. The van der Waals surface area contributed by atoms with Crippen LogP contribution in [0.2, 0.25) is 0 Å². The van der Waals surface area contributed by atoms with E-state index in [1.165, 1.54) is 31.2 Å². The first kappa shape index (κ1) is 18.8. The number of hydrogen-bond donors (Lipinski definition) is 1. The van der Waals surface area contributed by atoms with Crippen LogP contribution in [0.15, 0.2) is 35.1 Å². The quantitative estimate of drug-likeness (QED) is 0.818. The van der Waals surface area contributed by atoms with Gasteiger partial charge < -0.3 is 9.72 Å². The summed E-state index contributed by atoms with van der Waals surface area (Å²) < 4.78 is 46.5. The van der Waals surface area contributed by atoms with Crippen LogP contribution in [0.3, 0.4) is 0 Å². The number of nitrogens with one attached hydrogen (secondary N) is 1. The molecule has 0 saturated heterocycles. The molecule has 7 heteroatoms. The fourth-order valence-electron chi connectivity index (χ4n) is 2.47. The topological polar surface area (TPSA) is 59.2 Å². The number of aryl methyl sites for hydroxylation is 1. The molecule has 25 heavy (non-hydrogen) atoms. The Morgan fingerprint density at radius 3 is 2.12 bits per heavy atom. The highest BCUT2D eigenvalue weighted by Gasteiger charge is 2.41. The third-order valence-corrected chi connectivity index (χ3v) is 3.35. The Morgan fingerprint density at radius 2 is 1.64 bits per heavy atom. The van der Waals surface area contributed by atoms with Gasteiger partial charge >= 0.3 is 12.1 Å². The van der Waals surface area contributed by atoms with Gasteiger partial charge in [-0.1, -0.05) is 30.3 Å². The van der Waals surface area contributed by atoms with Crippen LogP contribution in [0.25, 0.3) is 11.1 Å². The van der Waals surface area contributed by atoms with Crippen molar-refractivity contribution in [2.45, 2.75) is 39.5 Å². The molecule has 1 heterocycles. The van der Waals surface area contributed by atoms with Crippen LogP contribution in [-0.2, 0) is 10.9 Å². The highest BCUT2D eigenvalue weighted by Crippen LogP contribution is 2.39. The third kappa shape index (κ3) is 4.10. The van der Waals surface area contributed by atoms with E-state index in [4.69, 9.17) is 4.74 Å². The lowest BCUT2D eigenvalue weighted by atomic mass is 9.95. The number of esters is 1. The molecule has 1 aromatic carbocycles. The first-order chi connectivity index (χ1) is 11.4. The normalized spacial score (nSPS) is 12.1. The van der Waals surface area contributed by atoms with E-state index in [1.54, 1.807) is 26.8 Å². The highest BCUT2D eigenvalue weighted by atomic mass is 19.4. The number of halogens is 3. The zero-order valence-electron chi connectivity index (χ0n) is 14.2. The number of pyridine rings is 1. The van der Waals surface area contributed by atoms with Crippen molar-refractivity contribution < 1.29 is 22.7 Å². The van der Waals surface area contributed by atoms with Crippen LogP contribution >= 0.6 is 0 Å². The maximum Gasteiger partial charge on any atom is 0.418 e. The van der Waals surface area contributed by atoms with Crippen molar-refractivity contribution in [3.63, 3.8) is 0 Å². The molecule has 0 spiro atoms. The molecule has 1 N–H and O–H groups in total. The van der Waals surface area contributed by atoms with Gasteiger partial charge in [0.05, 0.1) is 16.7 Å². The van der Waals surface area contributed by atoms with Crippen LogP contribution in [0, 0.1) is 6.92 Å². The lowest BCUT2D eigenvalue weighted by Gasteiger charge is -2.23. The van der Waals surface area contributed by atoms with Crippen molar-refractivity contribution in [3.8, 4) is 11.1 Å². The molecule has 2 aromatic rings. The minimum atomic E-state index is -4.91. The van der Waals surface area contributed by atoms with Gasteiger partial charge in [0.2, 0.25) is 0 Å². The van der Waals surface area contributed by atoms with Crippen molar-refractivity contribution in [1.82, 2.24) is 4.98 Å². The summed E-state index contributed by atoms with van der Waals surface area (Å²) in [4.78, 5) is 27.0. The van der Waals surface area contributed by atoms with Gasteiger partial charge in [-0.2, -0.15) is 13.2 Å². The Labute approximate surface area is 142 Å². The highest BCUT2D eigenvalue weighted by molar-refractivity contribution is 5.95. The van der Waals surface area contributed by atoms with E-state index in [2.05, 4.69) is 4.98 Å². The number of alkyl halides is 3. The maximum absolute atomic E-state index is 13.8. The molecular formula is C18H18F3NO3. The lowest BCUT2D eigenvalue weighted by Crippen LogP contribution is -2.29. The molecule has 0 atom stereocenters. The molecule has 0 unspecified atom stereocenters. The lowest BCUT2D eigenvalue weighted by molar-refractivity contribution is -0.138. The molecule has 1 aromatic heterocycles. The van der Waals surface area contributed by atoms with Crippen LogP contribution in [0.4, 0.5) is 13.2 Å². The van der Waals surface area contributed by atoms with E-state index in [1.807, 2.05) is 0 Å². The van der Waals surface area contributed by atoms with Crippen LogP contribution < -0.4 is 5.56 Å². The minimum Gasteiger partial charge on any atom is -0.456 e. The summed E-state index contributed by atoms with van der Waals surface area (Å²) in [5.74, 6) is -1.13. The number of aromatic nitrogens is 1. The van der Waals surface area contributed by atoms with Gasteiger partial charge in [-0.05, 0) is 33.3 Å². The number of carbonyl (C=O) groups is 1. The number of hydrogen-bond acceptors (Lipinski definition) is 3. The van der Waals surface area contributed by atoms with Gasteiger partial charge in [-0.15, -0.1) is 0 Å². The smallest absolute Gasteiger partial charge is 0.418 e. The molecule has 0 aliphatic carbocycles. The van der Waals surface area contributed by atoms with Crippen molar-refractivity contribution in [2.75, 3.05) is 0 Å². The molecule has 0 amide bonds. The molecule has 4 nitrogen and oxygen atoms in total. The molecule has 0 aliphatic heterocycles. The standard InChI is InChI=1S/C18H18F3NO3/c1-10-12(16(24)25-17(2,3)4)14(18(19,20)21)13(15(23)22-10)11-8-6-5-7-9-11/h5-9H,1-4H3,(H,22,23). The van der Waals surface area contributed by atoms with Crippen LogP contribution in [0.1, 0.15) is 42.4 Å². The van der Waals surface area contributed by atoms with Gasteiger partial charge in [-0.25, -0.2) is 4.79 Å². The fraction of sp³-hybridized carbons (Fsp3) is 0.333. The van der Waals surface area contributed by atoms with E-state index in [9.17, 15) is 22.8 Å².